The Labute approximate surface area is 139 Å². The second-order valence-electron chi connectivity index (χ2n) is 4.60. The molecule has 0 fully saturated rings. The molecule has 0 radical (unpaired) electrons. The van der Waals surface area contributed by atoms with Gasteiger partial charge in [-0.2, -0.15) is 10.5 Å². The fraction of sp³-hybridized carbons (Fsp3) is 0.176. The molecule has 2 aromatic rings. The van der Waals surface area contributed by atoms with Gasteiger partial charge in [0.25, 0.3) is 5.91 Å². The molecule has 0 spiro atoms. The van der Waals surface area contributed by atoms with Crippen molar-refractivity contribution in [3.63, 3.8) is 0 Å². The first-order valence-corrected chi connectivity index (χ1v) is 7.06. The molecule has 0 bridgehead atoms. The van der Waals surface area contributed by atoms with Crippen molar-refractivity contribution in [2.24, 2.45) is 0 Å². The highest BCUT2D eigenvalue weighted by Gasteiger charge is 2.13. The van der Waals surface area contributed by atoms with E-state index in [1.54, 1.807) is 42.6 Å². The van der Waals surface area contributed by atoms with Crippen molar-refractivity contribution >= 4 is 5.91 Å². The maximum absolute atomic E-state index is 11.9. The summed E-state index contributed by atoms with van der Waals surface area (Å²) < 4.78 is 10.9. The molecular formula is C17H14N4O3. The van der Waals surface area contributed by atoms with Gasteiger partial charge in [-0.05, 0) is 30.3 Å². The van der Waals surface area contributed by atoms with Crippen molar-refractivity contribution in [3.8, 4) is 29.5 Å². The van der Waals surface area contributed by atoms with Crippen LogP contribution in [0.15, 0.2) is 48.7 Å². The van der Waals surface area contributed by atoms with Gasteiger partial charge in [0.2, 0.25) is 5.88 Å². The lowest BCUT2D eigenvalue weighted by atomic mass is 10.3. The molecule has 0 N–H and O–H groups in total. The quantitative estimate of drug-likeness (QED) is 0.724. The van der Waals surface area contributed by atoms with Crippen LogP contribution >= 0.6 is 0 Å². The summed E-state index contributed by atoms with van der Waals surface area (Å²) in [7, 11) is 0. The molecule has 2 rings (SSSR count). The van der Waals surface area contributed by atoms with Crippen LogP contribution in [-0.2, 0) is 4.79 Å². The monoisotopic (exact) mass is 322 g/mol. The lowest BCUT2D eigenvalue weighted by molar-refractivity contribution is -0.132. The molecule has 0 unspecified atom stereocenters. The highest BCUT2D eigenvalue weighted by molar-refractivity contribution is 5.78. The molecule has 1 amide bonds. The number of benzene rings is 1. The summed E-state index contributed by atoms with van der Waals surface area (Å²) in [6, 6.07) is 15.7. The number of aromatic nitrogens is 1. The lowest BCUT2D eigenvalue weighted by Gasteiger charge is -2.16. The Morgan fingerprint density at radius 3 is 2.29 bits per heavy atom. The van der Waals surface area contributed by atoms with Crippen LogP contribution in [0.3, 0.4) is 0 Å². The Morgan fingerprint density at radius 2 is 1.71 bits per heavy atom. The van der Waals surface area contributed by atoms with Gasteiger partial charge < -0.3 is 14.4 Å². The van der Waals surface area contributed by atoms with Crippen LogP contribution in [0.4, 0.5) is 0 Å². The van der Waals surface area contributed by atoms with Gasteiger partial charge in [0.05, 0.1) is 12.1 Å². The van der Waals surface area contributed by atoms with Gasteiger partial charge in [-0.15, -0.1) is 0 Å². The molecule has 0 aliphatic carbocycles. The number of hydrogen-bond donors (Lipinski definition) is 0. The van der Waals surface area contributed by atoms with E-state index in [9.17, 15) is 4.79 Å². The van der Waals surface area contributed by atoms with Crippen LogP contribution in [0.1, 0.15) is 0 Å². The number of carbonyl (C=O) groups is 1. The summed E-state index contributed by atoms with van der Waals surface area (Å²) in [5.41, 5.74) is 0. The number of nitrogens with zero attached hydrogens (tertiary/aromatic N) is 4. The largest absolute Gasteiger partial charge is 0.484 e. The van der Waals surface area contributed by atoms with Gasteiger partial charge >= 0.3 is 0 Å². The van der Waals surface area contributed by atoms with E-state index < -0.39 is 5.91 Å². The van der Waals surface area contributed by atoms with Crippen molar-refractivity contribution in [2.45, 2.75) is 0 Å². The highest BCUT2D eigenvalue weighted by atomic mass is 16.5. The average Bonchev–Trinajstić information content (AvgIpc) is 2.61. The predicted molar refractivity (Wildman–Crippen MR) is 84.1 cm³/mol. The van der Waals surface area contributed by atoms with Gasteiger partial charge in [0.1, 0.15) is 24.6 Å². The minimum Gasteiger partial charge on any atom is -0.484 e. The minimum absolute atomic E-state index is 0.146. The first kappa shape index (κ1) is 16.8. The predicted octanol–water partition coefficient (Wildman–Crippen LogP) is 2.13. The standard InChI is InChI=1S/C17H14N4O3/c18-8-11-21(12-9-19)17(22)13-23-14-4-6-15(7-5-14)24-16-3-1-2-10-20-16/h1-7,10H,11-13H2. The summed E-state index contributed by atoms with van der Waals surface area (Å²) in [6.45, 7) is -0.539. The van der Waals surface area contributed by atoms with E-state index in [1.807, 2.05) is 18.2 Å². The molecule has 0 aliphatic heterocycles. The fourth-order valence-corrected chi connectivity index (χ4v) is 1.77. The molecule has 7 nitrogen and oxygen atoms in total. The van der Waals surface area contributed by atoms with E-state index in [2.05, 4.69) is 4.98 Å². The van der Waals surface area contributed by atoms with Gasteiger partial charge in [-0.25, -0.2) is 4.98 Å². The van der Waals surface area contributed by atoms with Crippen molar-refractivity contribution in [2.75, 3.05) is 19.7 Å². The van der Waals surface area contributed by atoms with Crippen LogP contribution in [0.2, 0.25) is 0 Å². The van der Waals surface area contributed by atoms with E-state index in [-0.39, 0.29) is 19.7 Å². The van der Waals surface area contributed by atoms with Crippen LogP contribution in [0.25, 0.3) is 0 Å². The number of rotatable bonds is 7. The first-order valence-electron chi connectivity index (χ1n) is 7.06. The van der Waals surface area contributed by atoms with E-state index in [4.69, 9.17) is 20.0 Å². The molecule has 1 aromatic carbocycles. The molecule has 0 aliphatic rings. The second-order valence-corrected chi connectivity index (χ2v) is 4.60. The summed E-state index contributed by atoms with van der Waals surface area (Å²) in [5, 5.41) is 17.3. The van der Waals surface area contributed by atoms with Gasteiger partial charge in [0, 0.05) is 12.3 Å². The highest BCUT2D eigenvalue weighted by Crippen LogP contribution is 2.22. The molecule has 1 aromatic heterocycles. The van der Waals surface area contributed by atoms with Crippen LogP contribution in [0.5, 0.6) is 17.4 Å². The third kappa shape index (κ3) is 5.00. The zero-order valence-electron chi connectivity index (χ0n) is 12.8. The number of carbonyl (C=O) groups excluding carboxylic acids is 1. The topological polar surface area (TPSA) is 99.2 Å². The fourth-order valence-electron chi connectivity index (χ4n) is 1.77. The number of amides is 1. The summed E-state index contributed by atoms with van der Waals surface area (Å²) in [6.07, 6.45) is 1.63. The molecule has 24 heavy (non-hydrogen) atoms. The number of hydrogen-bond acceptors (Lipinski definition) is 6. The third-order valence-electron chi connectivity index (χ3n) is 2.92. The van der Waals surface area contributed by atoms with E-state index in [0.29, 0.717) is 17.4 Å². The van der Waals surface area contributed by atoms with Gasteiger partial charge in [0.15, 0.2) is 6.61 Å². The molecule has 0 saturated carbocycles. The van der Waals surface area contributed by atoms with Crippen molar-refractivity contribution in [3.05, 3.63) is 48.7 Å². The van der Waals surface area contributed by atoms with E-state index in [0.717, 1.165) is 4.90 Å². The van der Waals surface area contributed by atoms with E-state index >= 15 is 0 Å². The maximum atomic E-state index is 11.9. The zero-order chi connectivity index (χ0) is 17.2. The third-order valence-corrected chi connectivity index (χ3v) is 2.92. The van der Waals surface area contributed by atoms with Crippen molar-refractivity contribution in [1.82, 2.24) is 9.88 Å². The SMILES string of the molecule is N#CCN(CC#N)C(=O)COc1ccc(Oc2ccccn2)cc1. The Morgan fingerprint density at radius 1 is 1.04 bits per heavy atom. The smallest absolute Gasteiger partial charge is 0.262 e. The Bertz CT molecular complexity index is 732. The molecular weight excluding hydrogens is 308 g/mol. The Balaban J connectivity index is 1.89. The molecule has 7 heteroatoms. The Hall–Kier alpha value is -3.58. The summed E-state index contributed by atoms with van der Waals surface area (Å²) in [4.78, 5) is 17.0. The van der Waals surface area contributed by atoms with Crippen molar-refractivity contribution < 1.29 is 14.3 Å². The average molecular weight is 322 g/mol. The lowest BCUT2D eigenvalue weighted by Crippen LogP contribution is -2.35. The van der Waals surface area contributed by atoms with Crippen molar-refractivity contribution in [1.29, 1.82) is 10.5 Å². The summed E-state index contributed by atoms with van der Waals surface area (Å²) in [5.74, 6) is 1.12. The second kappa shape index (κ2) is 8.76. The van der Waals surface area contributed by atoms with Gasteiger partial charge in [-0.1, -0.05) is 6.07 Å². The number of pyridine rings is 1. The van der Waals surface area contributed by atoms with Gasteiger partial charge in [-0.3, -0.25) is 4.79 Å². The van der Waals surface area contributed by atoms with Crippen LogP contribution in [0, 0.1) is 22.7 Å². The molecule has 0 atom stereocenters. The summed E-state index contributed by atoms with van der Waals surface area (Å²) >= 11 is 0. The van der Waals surface area contributed by atoms with Crippen LogP contribution in [-0.4, -0.2) is 35.5 Å². The van der Waals surface area contributed by atoms with Crippen LogP contribution < -0.4 is 9.47 Å². The number of ether oxygens (including phenoxy) is 2. The molecule has 120 valence electrons. The zero-order valence-corrected chi connectivity index (χ0v) is 12.8. The first-order chi connectivity index (χ1) is 11.7. The normalized spacial score (nSPS) is 9.42. The number of nitriles is 2. The maximum Gasteiger partial charge on any atom is 0.262 e. The Kier molecular flexibility index (Phi) is 6.13. The molecule has 0 saturated heterocycles. The molecule has 1 heterocycles. The minimum atomic E-state index is -0.424. The van der Waals surface area contributed by atoms with E-state index in [1.165, 1.54) is 0 Å².